The van der Waals surface area contributed by atoms with E-state index in [1.54, 1.807) is 6.92 Å². The summed E-state index contributed by atoms with van der Waals surface area (Å²) in [5, 5.41) is 11.7. The molecule has 3 heteroatoms. The Labute approximate surface area is 86.2 Å². The lowest BCUT2D eigenvalue weighted by molar-refractivity contribution is -0.118. The van der Waals surface area contributed by atoms with Crippen molar-refractivity contribution in [3.8, 4) is 0 Å². The molecular formula is C11H21NO2. The normalized spacial score (nSPS) is 16.2. The van der Waals surface area contributed by atoms with E-state index in [0.29, 0.717) is 0 Å². The Morgan fingerprint density at radius 2 is 2.07 bits per heavy atom. The molecular weight excluding hydrogens is 178 g/mol. The summed E-state index contributed by atoms with van der Waals surface area (Å²) >= 11 is 0. The minimum absolute atomic E-state index is 0.00714. The zero-order chi connectivity index (χ0) is 11.1. The maximum atomic E-state index is 11.5. The molecule has 0 aromatic rings. The van der Waals surface area contributed by atoms with E-state index in [4.69, 9.17) is 5.11 Å². The van der Waals surface area contributed by atoms with Crippen LogP contribution in [-0.4, -0.2) is 23.7 Å². The average Bonchev–Trinajstić information content (AvgIpc) is 2.16. The Morgan fingerprint density at radius 1 is 1.50 bits per heavy atom. The van der Waals surface area contributed by atoms with Gasteiger partial charge in [-0.3, -0.25) is 4.79 Å². The van der Waals surface area contributed by atoms with Gasteiger partial charge < -0.3 is 10.4 Å². The fraction of sp³-hybridized carbons (Fsp3) is 0.727. The number of amides is 1. The van der Waals surface area contributed by atoms with Crippen LogP contribution in [0.25, 0.3) is 0 Å². The lowest BCUT2D eigenvalue weighted by Crippen LogP contribution is -2.38. The predicted octanol–water partition coefficient (Wildman–Crippen LogP) is 1.48. The monoisotopic (exact) mass is 199 g/mol. The van der Waals surface area contributed by atoms with Gasteiger partial charge in [0.25, 0.3) is 0 Å². The molecule has 0 saturated carbocycles. The summed E-state index contributed by atoms with van der Waals surface area (Å²) < 4.78 is 0. The summed E-state index contributed by atoms with van der Waals surface area (Å²) in [6, 6.07) is 0.00714. The molecule has 0 fully saturated rings. The molecule has 0 rings (SSSR count). The van der Waals surface area contributed by atoms with E-state index in [-0.39, 0.29) is 24.5 Å². The molecule has 2 N–H and O–H groups in total. The van der Waals surface area contributed by atoms with Crippen LogP contribution in [0.4, 0.5) is 0 Å². The zero-order valence-electron chi connectivity index (χ0n) is 9.50. The van der Waals surface area contributed by atoms with Crippen LogP contribution in [0.15, 0.2) is 11.6 Å². The Morgan fingerprint density at radius 3 is 2.50 bits per heavy atom. The molecule has 0 aliphatic rings. The Bertz CT molecular complexity index is 211. The van der Waals surface area contributed by atoms with Gasteiger partial charge in [-0.15, -0.1) is 0 Å². The number of aliphatic hydroxyl groups is 1. The number of carbonyl (C=O) groups excluding carboxylic acids is 1. The first-order valence-corrected chi connectivity index (χ1v) is 5.11. The van der Waals surface area contributed by atoms with Gasteiger partial charge in [0.15, 0.2) is 0 Å². The number of hydrogen-bond donors (Lipinski definition) is 2. The standard InChI is InChI=1S/C11H21NO2/c1-5-6-8(2)11(14)12-10(4)9(3)7-13/h6,9-10,13H,5,7H2,1-4H3,(H,12,14)/b8-6-. The summed E-state index contributed by atoms with van der Waals surface area (Å²) in [6.07, 6.45) is 2.76. The van der Waals surface area contributed by atoms with Crippen molar-refractivity contribution < 1.29 is 9.90 Å². The van der Waals surface area contributed by atoms with Crippen LogP contribution in [0.3, 0.4) is 0 Å². The first-order valence-electron chi connectivity index (χ1n) is 5.11. The summed E-state index contributed by atoms with van der Waals surface area (Å²) in [7, 11) is 0. The fourth-order valence-electron chi connectivity index (χ4n) is 1.02. The predicted molar refractivity (Wildman–Crippen MR) is 57.9 cm³/mol. The molecule has 0 aliphatic carbocycles. The SMILES string of the molecule is CC/C=C(/C)C(=O)NC(C)C(C)CO. The van der Waals surface area contributed by atoms with Gasteiger partial charge in [0, 0.05) is 18.2 Å². The third kappa shape index (κ3) is 4.42. The topological polar surface area (TPSA) is 49.3 Å². The number of hydrogen-bond acceptors (Lipinski definition) is 2. The van der Waals surface area contributed by atoms with Crippen molar-refractivity contribution in [3.63, 3.8) is 0 Å². The second-order valence-electron chi connectivity index (χ2n) is 3.72. The van der Waals surface area contributed by atoms with Crippen LogP contribution in [0.5, 0.6) is 0 Å². The second kappa shape index (κ2) is 6.60. The smallest absolute Gasteiger partial charge is 0.246 e. The summed E-state index contributed by atoms with van der Waals surface area (Å²) in [4.78, 5) is 11.5. The molecule has 0 aliphatic heterocycles. The molecule has 0 radical (unpaired) electrons. The number of allylic oxidation sites excluding steroid dienone is 1. The highest BCUT2D eigenvalue weighted by atomic mass is 16.3. The highest BCUT2D eigenvalue weighted by Gasteiger charge is 2.14. The molecule has 0 heterocycles. The lowest BCUT2D eigenvalue weighted by atomic mass is 10.0. The van der Waals surface area contributed by atoms with Crippen LogP contribution in [0.1, 0.15) is 34.1 Å². The molecule has 82 valence electrons. The minimum atomic E-state index is -0.0420. The molecule has 0 saturated heterocycles. The van der Waals surface area contributed by atoms with Crippen LogP contribution in [-0.2, 0) is 4.79 Å². The van der Waals surface area contributed by atoms with Crippen molar-refractivity contribution in [2.75, 3.05) is 6.61 Å². The van der Waals surface area contributed by atoms with E-state index >= 15 is 0 Å². The van der Waals surface area contributed by atoms with E-state index in [0.717, 1.165) is 12.0 Å². The van der Waals surface area contributed by atoms with Crippen LogP contribution >= 0.6 is 0 Å². The molecule has 2 atom stereocenters. The van der Waals surface area contributed by atoms with Crippen LogP contribution < -0.4 is 5.32 Å². The van der Waals surface area contributed by atoms with E-state index in [1.165, 1.54) is 0 Å². The summed E-state index contributed by atoms with van der Waals surface area (Å²) in [5.74, 6) is 0.0491. The van der Waals surface area contributed by atoms with Gasteiger partial charge in [-0.2, -0.15) is 0 Å². The molecule has 0 aromatic heterocycles. The fourth-order valence-corrected chi connectivity index (χ4v) is 1.02. The Hall–Kier alpha value is -0.830. The summed E-state index contributed by atoms with van der Waals surface area (Å²) in [5.41, 5.74) is 0.740. The van der Waals surface area contributed by atoms with Crippen molar-refractivity contribution >= 4 is 5.91 Å². The van der Waals surface area contributed by atoms with Crippen molar-refractivity contribution in [1.29, 1.82) is 0 Å². The van der Waals surface area contributed by atoms with Crippen molar-refractivity contribution in [3.05, 3.63) is 11.6 Å². The minimum Gasteiger partial charge on any atom is -0.396 e. The molecule has 2 unspecified atom stereocenters. The van der Waals surface area contributed by atoms with Gasteiger partial charge in [-0.1, -0.05) is 19.9 Å². The number of aliphatic hydroxyl groups excluding tert-OH is 1. The number of carbonyl (C=O) groups is 1. The molecule has 0 spiro atoms. The molecule has 14 heavy (non-hydrogen) atoms. The molecule has 0 bridgehead atoms. The zero-order valence-corrected chi connectivity index (χ0v) is 9.50. The van der Waals surface area contributed by atoms with Crippen molar-refractivity contribution in [2.45, 2.75) is 40.2 Å². The largest absolute Gasteiger partial charge is 0.396 e. The van der Waals surface area contributed by atoms with E-state index in [1.807, 2.05) is 26.8 Å². The van der Waals surface area contributed by atoms with Crippen LogP contribution in [0.2, 0.25) is 0 Å². The van der Waals surface area contributed by atoms with E-state index in [2.05, 4.69) is 5.32 Å². The third-order valence-corrected chi connectivity index (χ3v) is 2.37. The second-order valence-corrected chi connectivity index (χ2v) is 3.72. The van der Waals surface area contributed by atoms with Crippen molar-refractivity contribution in [1.82, 2.24) is 5.32 Å². The Kier molecular flexibility index (Phi) is 6.21. The third-order valence-electron chi connectivity index (χ3n) is 2.37. The highest BCUT2D eigenvalue weighted by Crippen LogP contribution is 2.03. The van der Waals surface area contributed by atoms with Crippen molar-refractivity contribution in [2.24, 2.45) is 5.92 Å². The van der Waals surface area contributed by atoms with E-state index in [9.17, 15) is 4.79 Å². The molecule has 0 aromatic carbocycles. The first-order chi connectivity index (χ1) is 6.52. The van der Waals surface area contributed by atoms with Gasteiger partial charge in [-0.25, -0.2) is 0 Å². The quantitative estimate of drug-likeness (QED) is 0.659. The van der Waals surface area contributed by atoms with Gasteiger partial charge in [-0.05, 0) is 26.2 Å². The van der Waals surface area contributed by atoms with E-state index < -0.39 is 0 Å². The maximum absolute atomic E-state index is 11.5. The molecule has 1 amide bonds. The number of rotatable bonds is 5. The lowest BCUT2D eigenvalue weighted by Gasteiger charge is -2.19. The first kappa shape index (κ1) is 13.2. The van der Waals surface area contributed by atoms with Gasteiger partial charge in [0.1, 0.15) is 0 Å². The van der Waals surface area contributed by atoms with Gasteiger partial charge >= 0.3 is 0 Å². The number of nitrogens with one attached hydrogen (secondary N) is 1. The average molecular weight is 199 g/mol. The van der Waals surface area contributed by atoms with Gasteiger partial charge in [0.05, 0.1) is 0 Å². The maximum Gasteiger partial charge on any atom is 0.246 e. The Balaban J connectivity index is 4.12. The highest BCUT2D eigenvalue weighted by molar-refractivity contribution is 5.92. The van der Waals surface area contributed by atoms with Crippen LogP contribution in [0, 0.1) is 5.92 Å². The van der Waals surface area contributed by atoms with Gasteiger partial charge in [0.2, 0.25) is 5.91 Å². The molecule has 3 nitrogen and oxygen atoms in total. The summed E-state index contributed by atoms with van der Waals surface area (Å²) in [6.45, 7) is 7.70.